The van der Waals surface area contributed by atoms with E-state index in [1.54, 1.807) is 17.7 Å². The molecule has 0 bridgehead atoms. The van der Waals surface area contributed by atoms with Gasteiger partial charge in [-0.1, -0.05) is 35.9 Å². The summed E-state index contributed by atoms with van der Waals surface area (Å²) in [6.07, 6.45) is 3.22. The Balaban J connectivity index is 1.94. The summed E-state index contributed by atoms with van der Waals surface area (Å²) in [6.45, 7) is 0. The molecule has 3 aromatic heterocycles. The van der Waals surface area contributed by atoms with Crippen LogP contribution in [0.25, 0.3) is 37.0 Å². The fourth-order valence-electron chi connectivity index (χ4n) is 2.94. The molecule has 5 aromatic rings. The van der Waals surface area contributed by atoms with Crippen LogP contribution in [0.2, 0.25) is 5.15 Å². The van der Waals surface area contributed by atoms with E-state index in [1.807, 2.05) is 4.57 Å². The molecule has 23 heavy (non-hydrogen) atoms. The Hall–Kier alpha value is -2.50. The quantitative estimate of drug-likeness (QED) is 0.411. The highest BCUT2D eigenvalue weighted by Crippen LogP contribution is 2.37. The molecule has 5 rings (SSSR count). The molecule has 0 amide bonds. The molecular weight excluding hydrogens is 328 g/mol. The minimum absolute atomic E-state index is 0.371. The molecule has 0 aliphatic carbocycles. The van der Waals surface area contributed by atoms with E-state index in [4.69, 9.17) is 11.6 Å². The van der Waals surface area contributed by atoms with Crippen molar-refractivity contribution >= 4 is 54.3 Å². The van der Waals surface area contributed by atoms with Crippen molar-refractivity contribution in [3.05, 3.63) is 60.3 Å². The van der Waals surface area contributed by atoms with E-state index in [2.05, 4.69) is 57.4 Å². The number of rotatable bonds is 1. The molecule has 3 heterocycles. The monoisotopic (exact) mass is 336 g/mol. The molecule has 6 heteroatoms. The fourth-order valence-corrected chi connectivity index (χ4v) is 4.24. The maximum absolute atomic E-state index is 6.13. The van der Waals surface area contributed by atoms with E-state index in [-0.39, 0.29) is 0 Å². The number of fused-ring (bicyclic) bond motifs is 4. The van der Waals surface area contributed by atoms with Gasteiger partial charge in [-0.2, -0.15) is 0 Å². The van der Waals surface area contributed by atoms with Crippen molar-refractivity contribution in [3.8, 4) is 5.69 Å². The minimum atomic E-state index is 0.371. The molecule has 0 aliphatic rings. The predicted molar refractivity (Wildman–Crippen MR) is 94.6 cm³/mol. The Bertz CT molecular complexity index is 1190. The van der Waals surface area contributed by atoms with Crippen LogP contribution in [0.4, 0.5) is 0 Å². The molecule has 110 valence electrons. The van der Waals surface area contributed by atoms with Gasteiger partial charge in [-0.05, 0) is 18.2 Å². The number of imidazole rings is 1. The van der Waals surface area contributed by atoms with E-state index in [9.17, 15) is 0 Å². The Morgan fingerprint density at radius 1 is 0.913 bits per heavy atom. The molecule has 0 unspecified atom stereocenters. The van der Waals surface area contributed by atoms with Gasteiger partial charge >= 0.3 is 0 Å². The lowest BCUT2D eigenvalue weighted by Crippen LogP contribution is -1.95. The van der Waals surface area contributed by atoms with Crippen molar-refractivity contribution in [2.75, 3.05) is 0 Å². The second kappa shape index (κ2) is 4.75. The Kier molecular flexibility index (Phi) is 2.68. The minimum Gasteiger partial charge on any atom is -0.282 e. The average Bonchev–Trinajstić information content (AvgIpc) is 3.16. The van der Waals surface area contributed by atoms with Crippen LogP contribution in [0.3, 0.4) is 0 Å². The second-order valence-corrected chi connectivity index (χ2v) is 6.64. The molecule has 4 nitrogen and oxygen atoms in total. The van der Waals surface area contributed by atoms with Crippen LogP contribution in [0, 0.1) is 0 Å². The maximum Gasteiger partial charge on any atom is 0.169 e. The van der Waals surface area contributed by atoms with E-state index in [0.717, 1.165) is 5.69 Å². The summed E-state index contributed by atoms with van der Waals surface area (Å²) in [4.78, 5) is 12.7. The number of benzene rings is 2. The molecule has 0 fully saturated rings. The summed E-state index contributed by atoms with van der Waals surface area (Å²) in [5.41, 5.74) is 2.38. The molecular formula is C17H9ClN4S. The summed E-state index contributed by atoms with van der Waals surface area (Å²) in [5, 5.41) is 2.82. The van der Waals surface area contributed by atoms with Crippen LogP contribution in [0.15, 0.2) is 55.1 Å². The Labute approximate surface area is 140 Å². The van der Waals surface area contributed by atoms with Crippen molar-refractivity contribution < 1.29 is 0 Å². The third-order valence-corrected chi connectivity index (χ3v) is 5.34. The van der Waals surface area contributed by atoms with Crippen molar-refractivity contribution in [2.45, 2.75) is 0 Å². The predicted octanol–water partition coefficient (Wildman–Crippen LogP) is 4.84. The van der Waals surface area contributed by atoms with Crippen molar-refractivity contribution in [2.24, 2.45) is 0 Å². The lowest BCUT2D eigenvalue weighted by atomic mass is 10.1. The SMILES string of the molecule is Clc1ncnc2c1ncn2-c1cccc2sc3ccccc3c12. The van der Waals surface area contributed by atoms with Crippen LogP contribution in [0.5, 0.6) is 0 Å². The van der Waals surface area contributed by atoms with E-state index < -0.39 is 0 Å². The first-order valence-corrected chi connectivity index (χ1v) is 8.26. The van der Waals surface area contributed by atoms with Gasteiger partial charge in [0.05, 0.1) is 5.69 Å². The van der Waals surface area contributed by atoms with Gasteiger partial charge in [-0.15, -0.1) is 11.3 Å². The fraction of sp³-hybridized carbons (Fsp3) is 0. The van der Waals surface area contributed by atoms with E-state index in [0.29, 0.717) is 16.3 Å². The zero-order chi connectivity index (χ0) is 15.4. The zero-order valence-corrected chi connectivity index (χ0v) is 13.3. The molecule has 0 spiro atoms. The lowest BCUT2D eigenvalue weighted by molar-refractivity contribution is 1.07. The van der Waals surface area contributed by atoms with Crippen molar-refractivity contribution in [1.82, 2.24) is 19.5 Å². The molecule has 0 saturated carbocycles. The normalized spacial score (nSPS) is 11.7. The average molecular weight is 337 g/mol. The number of nitrogens with zero attached hydrogens (tertiary/aromatic N) is 4. The molecule has 0 aliphatic heterocycles. The molecule has 0 radical (unpaired) electrons. The highest BCUT2D eigenvalue weighted by Gasteiger charge is 2.14. The summed E-state index contributed by atoms with van der Waals surface area (Å²) >= 11 is 7.91. The zero-order valence-electron chi connectivity index (χ0n) is 11.8. The van der Waals surface area contributed by atoms with Gasteiger partial charge < -0.3 is 0 Å². The first-order valence-electron chi connectivity index (χ1n) is 7.07. The maximum atomic E-state index is 6.13. The van der Waals surface area contributed by atoms with Gasteiger partial charge in [0.1, 0.15) is 18.2 Å². The smallest absolute Gasteiger partial charge is 0.169 e. The largest absolute Gasteiger partial charge is 0.282 e. The van der Waals surface area contributed by atoms with Gasteiger partial charge in [0.15, 0.2) is 10.8 Å². The third kappa shape index (κ3) is 1.81. The van der Waals surface area contributed by atoms with Gasteiger partial charge in [0.25, 0.3) is 0 Å². The van der Waals surface area contributed by atoms with Gasteiger partial charge in [0.2, 0.25) is 0 Å². The standard InChI is InChI=1S/C17H9ClN4S/c18-16-15-17(20-8-19-16)22(9-21-15)11-5-3-7-13-14(11)10-4-1-2-6-12(10)23-13/h1-9H. The third-order valence-electron chi connectivity index (χ3n) is 3.93. The summed E-state index contributed by atoms with van der Waals surface area (Å²) in [7, 11) is 0. The highest BCUT2D eigenvalue weighted by atomic mass is 35.5. The van der Waals surface area contributed by atoms with Gasteiger partial charge in [-0.25, -0.2) is 15.0 Å². The summed E-state index contributed by atoms with van der Waals surface area (Å²) in [6, 6.07) is 14.7. The van der Waals surface area contributed by atoms with Gasteiger partial charge in [-0.3, -0.25) is 4.57 Å². The van der Waals surface area contributed by atoms with Crippen LogP contribution in [-0.2, 0) is 0 Å². The van der Waals surface area contributed by atoms with Crippen LogP contribution in [0.1, 0.15) is 0 Å². The molecule has 2 aromatic carbocycles. The van der Waals surface area contributed by atoms with Gasteiger partial charge in [0, 0.05) is 20.2 Å². The highest BCUT2D eigenvalue weighted by molar-refractivity contribution is 7.25. The lowest BCUT2D eigenvalue weighted by Gasteiger charge is -2.06. The van der Waals surface area contributed by atoms with E-state index in [1.165, 1.54) is 26.5 Å². The van der Waals surface area contributed by atoms with Crippen LogP contribution < -0.4 is 0 Å². The van der Waals surface area contributed by atoms with Crippen molar-refractivity contribution in [3.63, 3.8) is 0 Å². The summed E-state index contributed by atoms with van der Waals surface area (Å²) < 4.78 is 4.49. The number of hydrogen-bond donors (Lipinski definition) is 0. The Morgan fingerprint density at radius 3 is 2.74 bits per heavy atom. The number of aromatic nitrogens is 4. The van der Waals surface area contributed by atoms with Crippen molar-refractivity contribution in [1.29, 1.82) is 0 Å². The second-order valence-electron chi connectivity index (χ2n) is 5.20. The first kappa shape index (κ1) is 13.0. The number of hydrogen-bond acceptors (Lipinski definition) is 4. The summed E-state index contributed by atoms with van der Waals surface area (Å²) in [5.74, 6) is 0. The van der Waals surface area contributed by atoms with Crippen LogP contribution >= 0.6 is 22.9 Å². The molecule has 0 N–H and O–H groups in total. The first-order chi connectivity index (χ1) is 11.3. The van der Waals surface area contributed by atoms with E-state index >= 15 is 0 Å². The Morgan fingerprint density at radius 2 is 1.78 bits per heavy atom. The molecule has 0 saturated heterocycles. The molecule has 0 atom stereocenters. The number of halogens is 1. The van der Waals surface area contributed by atoms with Crippen LogP contribution in [-0.4, -0.2) is 19.5 Å². The topological polar surface area (TPSA) is 43.6 Å². The number of thiophene rings is 1.